The number of hydrogen-bond donors (Lipinski definition) is 1. The molecule has 0 aliphatic heterocycles. The van der Waals surface area contributed by atoms with Crippen LogP contribution < -0.4 is 4.74 Å². The van der Waals surface area contributed by atoms with E-state index in [1.165, 1.54) is 0 Å². The molecule has 59 valence electrons. The van der Waals surface area contributed by atoms with E-state index in [1.807, 2.05) is 0 Å². The highest BCUT2D eigenvalue weighted by Crippen LogP contribution is 2.14. The predicted octanol–water partition coefficient (Wildman–Crippen LogP) is 1.96. The van der Waals surface area contributed by atoms with E-state index in [0.29, 0.717) is 5.75 Å². The molecular weight excluding hydrogens is 160 g/mol. The van der Waals surface area contributed by atoms with Gasteiger partial charge in [-0.1, -0.05) is 12.6 Å². The van der Waals surface area contributed by atoms with Crippen LogP contribution in [0.1, 0.15) is 6.92 Å². The Morgan fingerprint density at radius 1 is 1.36 bits per heavy atom. The Hall–Kier alpha value is -0.800. The minimum Gasteiger partial charge on any atom is -0.465 e. The van der Waals surface area contributed by atoms with Crippen LogP contribution in [0.25, 0.3) is 0 Å². The van der Waals surface area contributed by atoms with Crippen molar-refractivity contribution < 1.29 is 9.84 Å². The molecular formula is C8H9O2S. The van der Waals surface area contributed by atoms with Crippen LogP contribution in [-0.2, 0) is 0 Å². The molecule has 1 aromatic rings. The van der Waals surface area contributed by atoms with Gasteiger partial charge in [-0.05, 0) is 31.2 Å². The number of benzene rings is 1. The van der Waals surface area contributed by atoms with E-state index < -0.39 is 6.29 Å². The molecule has 0 saturated carbocycles. The fourth-order valence-corrected chi connectivity index (χ4v) is 0.851. The van der Waals surface area contributed by atoms with E-state index in [0.717, 1.165) is 4.90 Å². The summed E-state index contributed by atoms with van der Waals surface area (Å²) in [4.78, 5) is 0.767. The van der Waals surface area contributed by atoms with E-state index >= 15 is 0 Å². The molecule has 0 heterocycles. The maximum absolute atomic E-state index is 8.83. The van der Waals surface area contributed by atoms with Gasteiger partial charge >= 0.3 is 0 Å². The molecule has 1 N–H and O–H groups in total. The number of rotatable bonds is 2. The molecule has 0 spiro atoms. The fraction of sp³-hybridized carbons (Fsp3) is 0.250. The number of ether oxygens (including phenoxy) is 1. The van der Waals surface area contributed by atoms with Crippen molar-refractivity contribution in [1.82, 2.24) is 0 Å². The summed E-state index contributed by atoms with van der Waals surface area (Å²) in [6, 6.07) is 6.98. The van der Waals surface area contributed by atoms with Crippen LogP contribution in [0.2, 0.25) is 0 Å². The molecule has 0 aliphatic carbocycles. The Kier molecular flexibility index (Phi) is 2.68. The quantitative estimate of drug-likeness (QED) is 0.686. The minimum atomic E-state index is -0.772. The summed E-state index contributed by atoms with van der Waals surface area (Å²) >= 11 is 4.87. The highest BCUT2D eigenvalue weighted by molar-refractivity contribution is 7.80. The third-order valence-electron chi connectivity index (χ3n) is 1.13. The molecule has 0 amide bonds. The van der Waals surface area contributed by atoms with Gasteiger partial charge < -0.3 is 9.84 Å². The zero-order valence-electron chi connectivity index (χ0n) is 6.15. The zero-order valence-corrected chi connectivity index (χ0v) is 6.97. The molecule has 0 fully saturated rings. The first-order valence-electron chi connectivity index (χ1n) is 3.30. The summed E-state index contributed by atoms with van der Waals surface area (Å²) in [5, 5.41) is 8.83. The van der Waals surface area contributed by atoms with E-state index in [9.17, 15) is 0 Å². The summed E-state index contributed by atoms with van der Waals surface area (Å²) in [6.45, 7) is 1.56. The van der Waals surface area contributed by atoms with Crippen LogP contribution in [0.15, 0.2) is 29.2 Å². The normalized spacial score (nSPS) is 12.5. The van der Waals surface area contributed by atoms with Crippen LogP contribution in [0.3, 0.4) is 0 Å². The number of hydrogen-bond acceptors (Lipinski definition) is 2. The molecule has 1 atom stereocenters. The van der Waals surface area contributed by atoms with E-state index in [2.05, 4.69) is 0 Å². The number of aliphatic hydroxyl groups excluding tert-OH is 1. The molecule has 1 rings (SSSR count). The number of aliphatic hydroxyl groups is 1. The SMILES string of the molecule is CC(O)Oc1ccc([S])cc1. The Bertz CT molecular complexity index is 218. The third-order valence-corrected chi connectivity index (χ3v) is 1.40. The first-order chi connectivity index (χ1) is 5.18. The molecule has 1 radical (unpaired) electrons. The molecule has 3 heteroatoms. The molecule has 0 aromatic heterocycles. The zero-order chi connectivity index (χ0) is 8.27. The summed E-state index contributed by atoms with van der Waals surface area (Å²) < 4.78 is 4.98. The van der Waals surface area contributed by atoms with Crippen LogP contribution in [0, 0.1) is 0 Å². The van der Waals surface area contributed by atoms with Gasteiger partial charge in [0.15, 0.2) is 6.29 Å². The van der Waals surface area contributed by atoms with Crippen molar-refractivity contribution in [1.29, 1.82) is 0 Å². The van der Waals surface area contributed by atoms with Crippen molar-refractivity contribution in [3.63, 3.8) is 0 Å². The van der Waals surface area contributed by atoms with Crippen LogP contribution in [0.4, 0.5) is 0 Å². The van der Waals surface area contributed by atoms with Crippen molar-refractivity contribution in [3.8, 4) is 5.75 Å². The summed E-state index contributed by atoms with van der Waals surface area (Å²) in [7, 11) is 0. The average Bonchev–Trinajstić information content (AvgIpc) is 1.93. The molecule has 0 bridgehead atoms. The Balaban J connectivity index is 2.66. The lowest BCUT2D eigenvalue weighted by Gasteiger charge is -2.07. The predicted molar refractivity (Wildman–Crippen MR) is 44.6 cm³/mol. The van der Waals surface area contributed by atoms with Gasteiger partial charge in [-0.15, -0.1) is 0 Å². The second-order valence-electron chi connectivity index (χ2n) is 2.19. The fourth-order valence-electron chi connectivity index (χ4n) is 0.715. The van der Waals surface area contributed by atoms with E-state index in [4.69, 9.17) is 22.5 Å². The van der Waals surface area contributed by atoms with Crippen LogP contribution in [0.5, 0.6) is 5.75 Å². The third kappa shape index (κ3) is 2.74. The van der Waals surface area contributed by atoms with Crippen molar-refractivity contribution in [2.75, 3.05) is 0 Å². The first-order valence-corrected chi connectivity index (χ1v) is 3.71. The van der Waals surface area contributed by atoms with Gasteiger partial charge in [-0.2, -0.15) is 0 Å². The lowest BCUT2D eigenvalue weighted by atomic mass is 10.3. The van der Waals surface area contributed by atoms with Crippen molar-refractivity contribution >= 4 is 12.6 Å². The maximum atomic E-state index is 8.83. The Labute approximate surface area is 71.2 Å². The Morgan fingerprint density at radius 2 is 1.91 bits per heavy atom. The van der Waals surface area contributed by atoms with Crippen LogP contribution >= 0.6 is 12.6 Å². The van der Waals surface area contributed by atoms with Crippen molar-refractivity contribution in [3.05, 3.63) is 24.3 Å². The Morgan fingerprint density at radius 3 is 2.36 bits per heavy atom. The van der Waals surface area contributed by atoms with Crippen molar-refractivity contribution in [2.24, 2.45) is 0 Å². The highest BCUT2D eigenvalue weighted by Gasteiger charge is 1.96. The molecule has 0 aliphatic rings. The molecule has 2 nitrogen and oxygen atoms in total. The maximum Gasteiger partial charge on any atom is 0.194 e. The van der Waals surface area contributed by atoms with Crippen LogP contribution in [-0.4, -0.2) is 11.4 Å². The van der Waals surface area contributed by atoms with Gasteiger partial charge in [0.1, 0.15) is 5.75 Å². The average molecular weight is 169 g/mol. The summed E-state index contributed by atoms with van der Waals surface area (Å²) in [6.07, 6.45) is -0.772. The monoisotopic (exact) mass is 169 g/mol. The molecule has 0 saturated heterocycles. The van der Waals surface area contributed by atoms with Gasteiger partial charge in [0.2, 0.25) is 0 Å². The lowest BCUT2D eigenvalue weighted by Crippen LogP contribution is -2.09. The van der Waals surface area contributed by atoms with E-state index in [1.54, 1.807) is 31.2 Å². The molecule has 1 unspecified atom stereocenters. The van der Waals surface area contributed by atoms with E-state index in [-0.39, 0.29) is 0 Å². The van der Waals surface area contributed by atoms with Gasteiger partial charge in [0.05, 0.1) is 0 Å². The largest absolute Gasteiger partial charge is 0.465 e. The smallest absolute Gasteiger partial charge is 0.194 e. The highest BCUT2D eigenvalue weighted by atomic mass is 32.1. The first kappa shape index (κ1) is 8.30. The summed E-state index contributed by atoms with van der Waals surface area (Å²) in [5.74, 6) is 0.633. The second kappa shape index (κ2) is 3.55. The van der Waals surface area contributed by atoms with Crippen molar-refractivity contribution in [2.45, 2.75) is 18.1 Å². The molecule has 11 heavy (non-hydrogen) atoms. The standard InChI is InChI=1S/C8H9O2S/c1-6(9)10-7-2-4-8(11)5-3-7/h2-6,9H,1H3. The van der Waals surface area contributed by atoms with Gasteiger partial charge in [0, 0.05) is 4.90 Å². The summed E-state index contributed by atoms with van der Waals surface area (Å²) in [5.41, 5.74) is 0. The van der Waals surface area contributed by atoms with Gasteiger partial charge in [-0.25, -0.2) is 0 Å². The second-order valence-corrected chi connectivity index (χ2v) is 2.66. The topological polar surface area (TPSA) is 29.5 Å². The van der Waals surface area contributed by atoms with Gasteiger partial charge in [0.25, 0.3) is 0 Å². The van der Waals surface area contributed by atoms with Gasteiger partial charge in [-0.3, -0.25) is 0 Å². The minimum absolute atomic E-state index is 0.633. The molecule has 1 aromatic carbocycles. The lowest BCUT2D eigenvalue weighted by molar-refractivity contribution is -0.000323.